The largest absolute Gasteiger partial charge is 0.497 e. The number of ether oxygens (including phenoxy) is 3. The van der Waals surface area contributed by atoms with Crippen molar-refractivity contribution in [3.8, 4) is 17.2 Å². The van der Waals surface area contributed by atoms with E-state index in [1.807, 2.05) is 31.2 Å². The molecule has 0 saturated carbocycles. The van der Waals surface area contributed by atoms with Gasteiger partial charge in [-0.15, -0.1) is 0 Å². The first-order chi connectivity index (χ1) is 13.7. The van der Waals surface area contributed by atoms with Crippen LogP contribution < -0.4 is 24.8 Å². The van der Waals surface area contributed by atoms with Gasteiger partial charge in [0.05, 0.1) is 20.8 Å². The van der Waals surface area contributed by atoms with E-state index in [9.17, 15) is 0 Å². The molecule has 0 heterocycles. The third-order valence-electron chi connectivity index (χ3n) is 4.28. The SMILES string of the molecule is CCOc1cc(CCCNC(=NC)NCc2cccc(OC)c2)ccc1OC. The summed E-state index contributed by atoms with van der Waals surface area (Å²) >= 11 is 0. The number of rotatable bonds is 10. The molecule has 0 radical (unpaired) electrons. The van der Waals surface area contributed by atoms with Crippen LogP contribution in [0.25, 0.3) is 0 Å². The van der Waals surface area contributed by atoms with Crippen LogP contribution in [-0.4, -0.2) is 40.4 Å². The van der Waals surface area contributed by atoms with Crippen molar-refractivity contribution in [2.75, 3.05) is 34.4 Å². The van der Waals surface area contributed by atoms with Gasteiger partial charge in [-0.1, -0.05) is 18.2 Å². The lowest BCUT2D eigenvalue weighted by atomic mass is 10.1. The van der Waals surface area contributed by atoms with Crippen molar-refractivity contribution in [3.05, 3.63) is 53.6 Å². The minimum absolute atomic E-state index is 0.622. The molecule has 2 aromatic rings. The Morgan fingerprint density at radius 3 is 2.54 bits per heavy atom. The fraction of sp³-hybridized carbons (Fsp3) is 0.409. The van der Waals surface area contributed by atoms with Gasteiger partial charge in [-0.25, -0.2) is 0 Å². The zero-order valence-electron chi connectivity index (χ0n) is 17.2. The van der Waals surface area contributed by atoms with E-state index in [1.54, 1.807) is 21.3 Å². The van der Waals surface area contributed by atoms with Gasteiger partial charge in [-0.2, -0.15) is 0 Å². The molecular formula is C22H31N3O3. The summed E-state index contributed by atoms with van der Waals surface area (Å²) in [6, 6.07) is 14.1. The summed E-state index contributed by atoms with van der Waals surface area (Å²) in [6.07, 6.45) is 1.93. The van der Waals surface area contributed by atoms with Crippen LogP contribution in [0.15, 0.2) is 47.5 Å². The van der Waals surface area contributed by atoms with Crippen LogP contribution in [0.5, 0.6) is 17.2 Å². The molecule has 0 amide bonds. The lowest BCUT2D eigenvalue weighted by Gasteiger charge is -2.13. The van der Waals surface area contributed by atoms with E-state index in [0.717, 1.165) is 48.2 Å². The predicted octanol–water partition coefficient (Wildman–Crippen LogP) is 3.40. The third-order valence-corrected chi connectivity index (χ3v) is 4.28. The summed E-state index contributed by atoms with van der Waals surface area (Å²) in [4.78, 5) is 4.28. The first-order valence-electron chi connectivity index (χ1n) is 9.57. The van der Waals surface area contributed by atoms with E-state index in [1.165, 1.54) is 5.56 Å². The van der Waals surface area contributed by atoms with Crippen molar-refractivity contribution in [2.24, 2.45) is 4.99 Å². The summed E-state index contributed by atoms with van der Waals surface area (Å²) in [7, 11) is 5.11. The maximum Gasteiger partial charge on any atom is 0.191 e. The molecule has 2 rings (SSSR count). The lowest BCUT2D eigenvalue weighted by Crippen LogP contribution is -2.37. The zero-order chi connectivity index (χ0) is 20.2. The van der Waals surface area contributed by atoms with E-state index in [0.29, 0.717) is 13.2 Å². The van der Waals surface area contributed by atoms with E-state index < -0.39 is 0 Å². The van der Waals surface area contributed by atoms with Crippen LogP contribution in [0.3, 0.4) is 0 Å². The number of aryl methyl sites for hydroxylation is 1. The Bertz CT molecular complexity index is 762. The van der Waals surface area contributed by atoms with Crippen LogP contribution in [0.4, 0.5) is 0 Å². The van der Waals surface area contributed by atoms with E-state index in [2.05, 4.69) is 33.8 Å². The van der Waals surface area contributed by atoms with Crippen LogP contribution in [0.2, 0.25) is 0 Å². The van der Waals surface area contributed by atoms with E-state index >= 15 is 0 Å². The smallest absolute Gasteiger partial charge is 0.191 e. The highest BCUT2D eigenvalue weighted by Gasteiger charge is 2.05. The highest BCUT2D eigenvalue weighted by Crippen LogP contribution is 2.28. The minimum atomic E-state index is 0.622. The first-order valence-corrected chi connectivity index (χ1v) is 9.57. The van der Waals surface area contributed by atoms with Gasteiger partial charge >= 0.3 is 0 Å². The van der Waals surface area contributed by atoms with Gasteiger partial charge in [0, 0.05) is 20.1 Å². The molecule has 0 bridgehead atoms. The Morgan fingerprint density at radius 2 is 1.82 bits per heavy atom. The van der Waals surface area contributed by atoms with Gasteiger partial charge in [0.25, 0.3) is 0 Å². The molecule has 0 unspecified atom stereocenters. The molecular weight excluding hydrogens is 354 g/mol. The molecule has 2 N–H and O–H groups in total. The van der Waals surface area contributed by atoms with Crippen LogP contribution >= 0.6 is 0 Å². The average molecular weight is 386 g/mol. The standard InChI is InChI=1S/C22H31N3O3/c1-5-28-21-15-17(11-12-20(21)27-4)9-7-13-24-22(23-2)25-16-18-8-6-10-19(14-18)26-3/h6,8,10-12,14-15H,5,7,9,13,16H2,1-4H3,(H2,23,24,25). The lowest BCUT2D eigenvalue weighted by molar-refractivity contribution is 0.310. The second-order valence-corrected chi connectivity index (χ2v) is 6.23. The van der Waals surface area contributed by atoms with Crippen molar-refractivity contribution in [1.82, 2.24) is 10.6 Å². The van der Waals surface area contributed by atoms with Crippen molar-refractivity contribution in [1.29, 1.82) is 0 Å². The molecule has 0 aliphatic carbocycles. The van der Waals surface area contributed by atoms with Crippen molar-refractivity contribution in [2.45, 2.75) is 26.3 Å². The molecule has 0 aliphatic rings. The van der Waals surface area contributed by atoms with Crippen LogP contribution in [0.1, 0.15) is 24.5 Å². The Kier molecular flexibility index (Phi) is 8.98. The van der Waals surface area contributed by atoms with E-state index in [4.69, 9.17) is 14.2 Å². The topological polar surface area (TPSA) is 64.1 Å². The second-order valence-electron chi connectivity index (χ2n) is 6.23. The molecule has 0 atom stereocenters. The molecule has 28 heavy (non-hydrogen) atoms. The number of hydrogen-bond acceptors (Lipinski definition) is 4. The van der Waals surface area contributed by atoms with Gasteiger partial charge < -0.3 is 24.8 Å². The van der Waals surface area contributed by atoms with Crippen molar-refractivity contribution >= 4 is 5.96 Å². The van der Waals surface area contributed by atoms with Gasteiger partial charge in [0.1, 0.15) is 5.75 Å². The molecule has 0 fully saturated rings. The van der Waals surface area contributed by atoms with Crippen molar-refractivity contribution < 1.29 is 14.2 Å². The van der Waals surface area contributed by atoms with Gasteiger partial charge in [0.2, 0.25) is 0 Å². The van der Waals surface area contributed by atoms with Crippen LogP contribution in [-0.2, 0) is 13.0 Å². The number of nitrogens with zero attached hydrogens (tertiary/aromatic N) is 1. The summed E-state index contributed by atoms with van der Waals surface area (Å²) in [6.45, 7) is 4.11. The summed E-state index contributed by atoms with van der Waals surface area (Å²) < 4.78 is 16.2. The summed E-state index contributed by atoms with van der Waals surface area (Å²) in [5.41, 5.74) is 2.37. The maximum absolute atomic E-state index is 5.64. The Hall–Kier alpha value is -2.89. The fourth-order valence-corrected chi connectivity index (χ4v) is 2.83. The molecule has 0 saturated heterocycles. The number of guanidine groups is 1. The quantitative estimate of drug-likeness (QED) is 0.373. The summed E-state index contributed by atoms with van der Waals surface area (Å²) in [5.74, 6) is 3.21. The highest BCUT2D eigenvalue weighted by atomic mass is 16.5. The Balaban J connectivity index is 1.77. The monoisotopic (exact) mass is 385 g/mol. The van der Waals surface area contributed by atoms with Crippen LogP contribution in [0, 0.1) is 0 Å². The van der Waals surface area contributed by atoms with E-state index in [-0.39, 0.29) is 0 Å². The predicted molar refractivity (Wildman–Crippen MR) is 114 cm³/mol. The highest BCUT2D eigenvalue weighted by molar-refractivity contribution is 5.79. The van der Waals surface area contributed by atoms with Gasteiger partial charge in [-0.3, -0.25) is 4.99 Å². The average Bonchev–Trinajstić information content (AvgIpc) is 2.74. The minimum Gasteiger partial charge on any atom is -0.497 e. The molecule has 0 aliphatic heterocycles. The summed E-state index contributed by atoms with van der Waals surface area (Å²) in [5, 5.41) is 6.68. The molecule has 0 spiro atoms. The Morgan fingerprint density at radius 1 is 0.964 bits per heavy atom. The zero-order valence-corrected chi connectivity index (χ0v) is 17.2. The number of aliphatic imine (C=N–C) groups is 1. The molecule has 152 valence electrons. The second kappa shape index (κ2) is 11.7. The molecule has 0 aromatic heterocycles. The van der Waals surface area contributed by atoms with Crippen molar-refractivity contribution in [3.63, 3.8) is 0 Å². The van der Waals surface area contributed by atoms with Gasteiger partial charge in [0.15, 0.2) is 17.5 Å². The molecule has 2 aromatic carbocycles. The number of benzene rings is 2. The molecule has 6 heteroatoms. The number of methoxy groups -OCH3 is 2. The maximum atomic E-state index is 5.64. The fourth-order valence-electron chi connectivity index (χ4n) is 2.83. The normalized spacial score (nSPS) is 11.1. The van der Waals surface area contributed by atoms with Gasteiger partial charge in [-0.05, 0) is 55.2 Å². The first kappa shape index (κ1) is 21.4. The number of nitrogens with one attached hydrogen (secondary N) is 2. The Labute approximate surface area is 167 Å². The number of hydrogen-bond donors (Lipinski definition) is 2. The molecule has 6 nitrogen and oxygen atoms in total. The third kappa shape index (κ3) is 6.68.